The molecule has 0 radical (unpaired) electrons. The number of aliphatic hydroxyl groups is 1. The molecule has 4 rings (SSSR count). The second-order valence-electron chi connectivity index (χ2n) is 8.10. The number of aromatic hydroxyl groups is 1. The van der Waals surface area contributed by atoms with E-state index in [1.54, 1.807) is 25.1 Å². The van der Waals surface area contributed by atoms with Crippen molar-refractivity contribution >= 4 is 23.1 Å². The third-order valence-electron chi connectivity index (χ3n) is 5.88. The summed E-state index contributed by atoms with van der Waals surface area (Å²) in [5.41, 5.74) is 0.413. The maximum Gasteiger partial charge on any atom is 0.300 e. The standard InChI is InChI=1S/C28H26FNO7/c1-4-36-22-13-9-18(15-23(22)37-5-2)30-25(16-6-10-19(31)11-7-16)24(27(33)28(30)34)26(32)20-14-17(29)8-12-21(20)35-3/h6-15,25,31-32H,4-5H2,1-3H3/b26-24+. The van der Waals surface area contributed by atoms with E-state index in [1.807, 2.05) is 6.92 Å². The van der Waals surface area contributed by atoms with Crippen LogP contribution in [0.4, 0.5) is 10.1 Å². The summed E-state index contributed by atoms with van der Waals surface area (Å²) >= 11 is 0. The smallest absolute Gasteiger partial charge is 0.300 e. The van der Waals surface area contributed by atoms with E-state index in [1.165, 1.54) is 42.3 Å². The van der Waals surface area contributed by atoms with Gasteiger partial charge < -0.3 is 24.4 Å². The maximum absolute atomic E-state index is 14.1. The van der Waals surface area contributed by atoms with Crippen LogP contribution in [0.1, 0.15) is 31.0 Å². The minimum absolute atomic E-state index is 0.0211. The Labute approximate surface area is 213 Å². The van der Waals surface area contributed by atoms with Crippen molar-refractivity contribution in [1.29, 1.82) is 0 Å². The summed E-state index contributed by atoms with van der Waals surface area (Å²) < 4.78 is 30.7. The third-order valence-corrected chi connectivity index (χ3v) is 5.88. The fourth-order valence-electron chi connectivity index (χ4n) is 4.27. The number of aliphatic hydroxyl groups excluding tert-OH is 1. The van der Waals surface area contributed by atoms with Gasteiger partial charge in [-0.1, -0.05) is 12.1 Å². The van der Waals surface area contributed by atoms with E-state index in [0.717, 1.165) is 12.1 Å². The van der Waals surface area contributed by atoms with E-state index < -0.39 is 29.3 Å². The Bertz CT molecular complexity index is 1370. The number of nitrogens with zero attached hydrogens (tertiary/aromatic N) is 1. The largest absolute Gasteiger partial charge is 0.508 e. The summed E-state index contributed by atoms with van der Waals surface area (Å²) in [7, 11) is 1.34. The van der Waals surface area contributed by atoms with Gasteiger partial charge >= 0.3 is 0 Å². The molecule has 0 spiro atoms. The topological polar surface area (TPSA) is 106 Å². The van der Waals surface area contributed by atoms with E-state index in [4.69, 9.17) is 14.2 Å². The third kappa shape index (κ3) is 4.80. The molecule has 192 valence electrons. The van der Waals surface area contributed by atoms with Gasteiger partial charge in [0.05, 0.1) is 37.5 Å². The molecule has 1 amide bonds. The van der Waals surface area contributed by atoms with Gasteiger partial charge in [0.25, 0.3) is 11.7 Å². The second-order valence-corrected chi connectivity index (χ2v) is 8.10. The van der Waals surface area contributed by atoms with Gasteiger partial charge in [0.1, 0.15) is 23.1 Å². The van der Waals surface area contributed by atoms with E-state index in [-0.39, 0.29) is 22.6 Å². The molecule has 1 aliphatic rings. The normalized spacial score (nSPS) is 16.6. The van der Waals surface area contributed by atoms with Gasteiger partial charge in [0.15, 0.2) is 11.5 Å². The van der Waals surface area contributed by atoms with Crippen molar-refractivity contribution in [2.75, 3.05) is 25.2 Å². The number of phenolic OH excluding ortho intramolecular Hbond substituents is 1. The van der Waals surface area contributed by atoms with E-state index in [2.05, 4.69) is 0 Å². The number of hydrogen-bond acceptors (Lipinski definition) is 7. The van der Waals surface area contributed by atoms with Crippen molar-refractivity contribution in [3.63, 3.8) is 0 Å². The number of hydrogen-bond donors (Lipinski definition) is 2. The van der Waals surface area contributed by atoms with Gasteiger partial charge in [-0.15, -0.1) is 0 Å². The minimum Gasteiger partial charge on any atom is -0.508 e. The van der Waals surface area contributed by atoms with Crippen LogP contribution in [0.2, 0.25) is 0 Å². The average molecular weight is 508 g/mol. The molecule has 1 aliphatic heterocycles. The Kier molecular flexibility index (Phi) is 7.33. The van der Waals surface area contributed by atoms with Gasteiger partial charge in [-0.05, 0) is 61.9 Å². The first-order valence-electron chi connectivity index (χ1n) is 11.6. The number of ether oxygens (including phenoxy) is 3. The van der Waals surface area contributed by atoms with Crippen molar-refractivity contribution < 1.29 is 38.4 Å². The van der Waals surface area contributed by atoms with Crippen LogP contribution in [0, 0.1) is 5.82 Å². The monoisotopic (exact) mass is 507 g/mol. The number of methoxy groups -OCH3 is 1. The number of carbonyl (C=O) groups is 2. The first kappa shape index (κ1) is 25.6. The van der Waals surface area contributed by atoms with Crippen LogP contribution in [0.15, 0.2) is 66.2 Å². The number of phenols is 1. The van der Waals surface area contributed by atoms with Crippen molar-refractivity contribution in [2.45, 2.75) is 19.9 Å². The van der Waals surface area contributed by atoms with Crippen molar-refractivity contribution in [3.05, 3.63) is 83.2 Å². The molecule has 0 aliphatic carbocycles. The lowest BCUT2D eigenvalue weighted by Gasteiger charge is -2.26. The predicted octanol–water partition coefficient (Wildman–Crippen LogP) is 4.96. The zero-order chi connectivity index (χ0) is 26.7. The Hall–Kier alpha value is -4.53. The molecule has 3 aromatic rings. The molecule has 0 bridgehead atoms. The summed E-state index contributed by atoms with van der Waals surface area (Å²) in [4.78, 5) is 28.0. The molecule has 1 saturated heterocycles. The number of anilines is 1. The molecule has 2 N–H and O–H groups in total. The van der Waals surface area contributed by atoms with Gasteiger partial charge in [-0.25, -0.2) is 4.39 Å². The highest BCUT2D eigenvalue weighted by molar-refractivity contribution is 6.51. The quantitative estimate of drug-likeness (QED) is 0.252. The molecule has 1 fully saturated rings. The SMILES string of the molecule is CCOc1ccc(N2C(=O)C(=O)/C(=C(/O)c3cc(F)ccc3OC)C2c2ccc(O)cc2)cc1OCC. The molecule has 0 saturated carbocycles. The molecule has 1 unspecified atom stereocenters. The Balaban J connectivity index is 1.95. The lowest BCUT2D eigenvalue weighted by Crippen LogP contribution is -2.29. The van der Waals surface area contributed by atoms with Gasteiger partial charge in [-0.2, -0.15) is 0 Å². The van der Waals surface area contributed by atoms with Crippen LogP contribution in [0.25, 0.3) is 5.76 Å². The highest BCUT2D eigenvalue weighted by Crippen LogP contribution is 2.45. The van der Waals surface area contributed by atoms with Crippen LogP contribution in [0.5, 0.6) is 23.0 Å². The summed E-state index contributed by atoms with van der Waals surface area (Å²) in [6.07, 6.45) is 0. The van der Waals surface area contributed by atoms with Crippen LogP contribution in [-0.2, 0) is 9.59 Å². The highest BCUT2D eigenvalue weighted by Gasteiger charge is 2.47. The number of rotatable bonds is 8. The summed E-state index contributed by atoms with van der Waals surface area (Å²) in [6.45, 7) is 4.36. The molecule has 37 heavy (non-hydrogen) atoms. The lowest BCUT2D eigenvalue weighted by molar-refractivity contribution is -0.132. The van der Waals surface area contributed by atoms with Crippen molar-refractivity contribution in [3.8, 4) is 23.0 Å². The number of carbonyl (C=O) groups excluding carboxylic acids is 2. The zero-order valence-corrected chi connectivity index (χ0v) is 20.5. The van der Waals surface area contributed by atoms with Crippen LogP contribution in [0.3, 0.4) is 0 Å². The second kappa shape index (κ2) is 10.6. The maximum atomic E-state index is 14.1. The van der Waals surface area contributed by atoms with Gasteiger partial charge in [0, 0.05) is 11.8 Å². The number of Topliss-reactive ketones (excluding diaryl/α,β-unsaturated/α-hetero) is 1. The lowest BCUT2D eigenvalue weighted by atomic mass is 9.94. The summed E-state index contributed by atoms with van der Waals surface area (Å²) in [5.74, 6) is -2.18. The van der Waals surface area contributed by atoms with Crippen LogP contribution < -0.4 is 19.1 Å². The molecule has 3 aromatic carbocycles. The Morgan fingerprint density at radius 1 is 0.919 bits per heavy atom. The number of halogens is 1. The molecule has 1 heterocycles. The fraction of sp³-hybridized carbons (Fsp3) is 0.214. The molecular weight excluding hydrogens is 481 g/mol. The van der Waals surface area contributed by atoms with Gasteiger partial charge in [0.2, 0.25) is 0 Å². The molecule has 1 atom stereocenters. The van der Waals surface area contributed by atoms with Crippen LogP contribution >= 0.6 is 0 Å². The fourth-order valence-corrected chi connectivity index (χ4v) is 4.27. The number of benzene rings is 3. The average Bonchev–Trinajstić information content (AvgIpc) is 3.15. The predicted molar refractivity (Wildman–Crippen MR) is 135 cm³/mol. The van der Waals surface area contributed by atoms with Crippen LogP contribution in [-0.4, -0.2) is 42.2 Å². The van der Waals surface area contributed by atoms with Crippen molar-refractivity contribution in [2.24, 2.45) is 0 Å². The summed E-state index contributed by atoms with van der Waals surface area (Å²) in [5, 5.41) is 21.1. The van der Waals surface area contributed by atoms with E-state index >= 15 is 0 Å². The zero-order valence-electron chi connectivity index (χ0n) is 20.5. The van der Waals surface area contributed by atoms with E-state index in [0.29, 0.717) is 36.0 Å². The van der Waals surface area contributed by atoms with E-state index in [9.17, 15) is 24.2 Å². The Morgan fingerprint density at radius 3 is 2.22 bits per heavy atom. The molecule has 8 nitrogen and oxygen atoms in total. The molecule has 9 heteroatoms. The highest BCUT2D eigenvalue weighted by atomic mass is 19.1. The van der Waals surface area contributed by atoms with Gasteiger partial charge in [-0.3, -0.25) is 14.5 Å². The first-order valence-corrected chi connectivity index (χ1v) is 11.6. The Morgan fingerprint density at radius 2 is 1.57 bits per heavy atom. The molecule has 0 aromatic heterocycles. The molecular formula is C28H26FNO7. The minimum atomic E-state index is -1.10. The first-order chi connectivity index (χ1) is 17.8. The summed E-state index contributed by atoms with van der Waals surface area (Å²) in [6, 6.07) is 13.1. The van der Waals surface area contributed by atoms with Crippen molar-refractivity contribution in [1.82, 2.24) is 0 Å². The number of amides is 1. The number of ketones is 1.